The third-order valence-electron chi connectivity index (χ3n) is 26.3. The number of aromatic nitrogens is 7. The number of pyridine rings is 7. The van der Waals surface area contributed by atoms with Crippen LogP contribution in [0, 0.1) is 19.7 Å². The van der Waals surface area contributed by atoms with E-state index in [1.165, 1.54) is 119 Å². The Hall–Kier alpha value is -8.28. The number of piperazine rings is 7. The van der Waals surface area contributed by atoms with Gasteiger partial charge < -0.3 is 28.7 Å². The Morgan fingerprint density at radius 2 is 0.674 bits per heavy atom. The predicted molar refractivity (Wildman–Crippen MR) is 537 cm³/mol. The van der Waals surface area contributed by atoms with Crippen molar-refractivity contribution in [2.45, 2.75) is 231 Å². The Morgan fingerprint density at radius 1 is 0.348 bits per heavy atom. The molecule has 7 fully saturated rings. The van der Waals surface area contributed by atoms with Gasteiger partial charge in [-0.3, -0.25) is 78.5 Å². The van der Waals surface area contributed by atoms with Crippen LogP contribution in [0.2, 0.25) is 0 Å². The number of alkyl halides is 3. The first-order valence-corrected chi connectivity index (χ1v) is 49.2. The van der Waals surface area contributed by atoms with Gasteiger partial charge in [0.25, 0.3) is 0 Å². The highest BCUT2D eigenvalue weighted by atomic mass is 19.4. The number of nitrogens with zero attached hydrogens (tertiary/aromatic N) is 22. The van der Waals surface area contributed by atoms with E-state index in [0.717, 1.165) is 190 Å². The van der Waals surface area contributed by atoms with Crippen LogP contribution in [0.1, 0.15) is 179 Å². The highest BCUT2D eigenvalue weighted by Gasteiger charge is 2.33. The molecule has 14 rings (SSSR count). The molecule has 7 aromatic heterocycles. The van der Waals surface area contributed by atoms with E-state index in [9.17, 15) is 22.4 Å². The molecule has 0 saturated carbocycles. The van der Waals surface area contributed by atoms with Crippen molar-refractivity contribution in [1.29, 1.82) is 0 Å². The minimum atomic E-state index is -4.36. The van der Waals surface area contributed by atoms with E-state index >= 15 is 0 Å². The van der Waals surface area contributed by atoms with Crippen molar-refractivity contribution in [2.75, 3.05) is 224 Å². The maximum absolute atomic E-state index is 13.6. The summed E-state index contributed by atoms with van der Waals surface area (Å²) in [5.74, 6) is 2.95. The zero-order chi connectivity index (χ0) is 98.6. The number of halogens is 4. The monoisotopic (exact) mass is 1880 g/mol. The van der Waals surface area contributed by atoms with Gasteiger partial charge in [0.05, 0.1) is 35.0 Å². The Kier molecular flexibility index (Phi) is 46.5. The van der Waals surface area contributed by atoms with Crippen molar-refractivity contribution in [3.63, 3.8) is 0 Å². The Morgan fingerprint density at radius 3 is 0.970 bits per heavy atom. The van der Waals surface area contributed by atoms with E-state index in [1.54, 1.807) is 33.7 Å². The molecule has 0 aromatic carbocycles. The van der Waals surface area contributed by atoms with Gasteiger partial charge in [0.15, 0.2) is 5.82 Å². The van der Waals surface area contributed by atoms with Crippen molar-refractivity contribution in [3.05, 3.63) is 177 Å². The Labute approximate surface area is 808 Å². The molecule has 135 heavy (non-hydrogen) atoms. The molecule has 7 aliphatic rings. The molecular formula is C104H168F4N22O5. The lowest BCUT2D eigenvalue weighted by atomic mass is 9.91. The van der Waals surface area contributed by atoms with Crippen molar-refractivity contribution < 1.29 is 41.3 Å². The number of amides is 1. The molecular weight excluding hydrogens is 1710 g/mol. The average Bonchev–Trinajstić information content (AvgIpc) is 0.833. The maximum Gasteiger partial charge on any atom is 0.433 e. The second-order valence-corrected chi connectivity index (χ2v) is 39.9. The number of hydrogen-bond acceptors (Lipinski definition) is 26. The van der Waals surface area contributed by atoms with Crippen molar-refractivity contribution in [3.8, 4) is 23.5 Å². The van der Waals surface area contributed by atoms with Gasteiger partial charge in [-0.1, -0.05) is 51.1 Å². The van der Waals surface area contributed by atoms with E-state index in [4.69, 9.17) is 18.9 Å². The van der Waals surface area contributed by atoms with Crippen LogP contribution in [0.5, 0.6) is 23.5 Å². The fourth-order valence-electron chi connectivity index (χ4n) is 17.4. The molecule has 27 nitrogen and oxygen atoms in total. The van der Waals surface area contributed by atoms with Crippen LogP contribution >= 0.6 is 0 Å². The molecule has 7 aliphatic heterocycles. The largest absolute Gasteiger partial charge is 0.481 e. The molecule has 752 valence electrons. The lowest BCUT2D eigenvalue weighted by molar-refractivity contribution is -0.141. The molecule has 0 unspecified atom stereocenters. The standard InChI is InChI=1S/C17H29N3.C15H26N4.2C15H25N3O.C14H20F3N3.C14H22FN3O.C14H21N3O2/c1-14(2)20-10-8-19(9-11-20)13-15-6-7-16(18-12-15)17(3,4)5;1-13(2)19-9-7-18(8-10-19)12-14-5-6-15(16-11-14)17(3)4;1-12(2)18-7-5-17(6-8-18)11-14-9-13(3)15(19-4)16-10-14;1-12(2)18-9-7-17(8-10-18)11-14-5-6-15(19-4)16-13(14)3;1-11(2)20-7-5-19(6-8-20)10-12-3-4-13(18-9-12)14(15,16)17;1-11(2)18-6-4-17(5-7-18)10-12-8-13(15)14(19-3)16-9-12;1-11(2)17-7-6-16(10-14(17)18)9-12-4-5-13(19-3)15-8-12/h6-7,12,14H,8-11,13H2,1-5H3;5-6,11,13H,7-10,12H2,1-4H3;9-10,12H,5-8,11H2,1-4H3;5-6,12H,7-11H2,1-4H3;3-4,9,11H,5-8,10H2,1-2H3;8-9,11H,4-7,10H2,1-3H3;4-5,8,11H,6-7,9-10H2,1-3H3. The molecule has 0 aliphatic carbocycles. The van der Waals surface area contributed by atoms with Crippen molar-refractivity contribution in [1.82, 2.24) is 103 Å². The molecule has 0 spiro atoms. The molecule has 0 atom stereocenters. The summed E-state index contributed by atoms with van der Waals surface area (Å²) in [6, 6.07) is 27.0. The number of ether oxygens (including phenoxy) is 4. The van der Waals surface area contributed by atoms with Crippen LogP contribution in [-0.4, -0.2) is 371 Å². The van der Waals surface area contributed by atoms with Crippen LogP contribution in [0.3, 0.4) is 0 Å². The molecule has 7 saturated heterocycles. The summed E-state index contributed by atoms with van der Waals surface area (Å²) in [5.41, 5.74) is 10.7. The van der Waals surface area contributed by atoms with Gasteiger partial charge in [-0.15, -0.1) is 0 Å². The van der Waals surface area contributed by atoms with Gasteiger partial charge in [-0.05, 0) is 180 Å². The number of carbonyl (C=O) groups excluding carboxylic acids is 1. The molecule has 7 aromatic rings. The minimum Gasteiger partial charge on any atom is -0.481 e. The highest BCUT2D eigenvalue weighted by molar-refractivity contribution is 5.79. The van der Waals surface area contributed by atoms with Crippen LogP contribution < -0.4 is 23.8 Å². The molecule has 31 heteroatoms. The Bertz CT molecular complexity index is 4320. The summed E-state index contributed by atoms with van der Waals surface area (Å²) in [5, 5.41) is 0. The third kappa shape index (κ3) is 38.4. The van der Waals surface area contributed by atoms with E-state index in [2.05, 4.69) is 266 Å². The molecule has 1 amide bonds. The lowest BCUT2D eigenvalue weighted by Crippen LogP contribution is -2.52. The van der Waals surface area contributed by atoms with Gasteiger partial charge >= 0.3 is 6.18 Å². The molecule has 0 bridgehead atoms. The maximum atomic E-state index is 13.6. The molecule has 0 radical (unpaired) electrons. The summed E-state index contributed by atoms with van der Waals surface area (Å²) in [4.78, 5) is 77.3. The third-order valence-corrected chi connectivity index (χ3v) is 26.3. The van der Waals surface area contributed by atoms with Crippen LogP contribution in [0.4, 0.5) is 23.4 Å². The lowest BCUT2D eigenvalue weighted by Gasteiger charge is -2.37. The van der Waals surface area contributed by atoms with Crippen LogP contribution in [-0.2, 0) is 62.2 Å². The minimum absolute atomic E-state index is 0.0633. The second kappa shape index (κ2) is 56.1. The number of rotatable bonds is 26. The second-order valence-electron chi connectivity index (χ2n) is 39.9. The summed E-state index contributed by atoms with van der Waals surface area (Å²) in [6.45, 7) is 77.0. The van der Waals surface area contributed by atoms with Crippen LogP contribution in [0.15, 0.2) is 110 Å². The first-order chi connectivity index (χ1) is 64.2. The average molecular weight is 1880 g/mol. The summed E-state index contributed by atoms with van der Waals surface area (Å²) >= 11 is 0. The van der Waals surface area contributed by atoms with Gasteiger partial charge in [0, 0.05) is 344 Å². The predicted octanol–water partition coefficient (Wildman–Crippen LogP) is 14.0. The smallest absolute Gasteiger partial charge is 0.433 e. The topological polar surface area (TPSA) is 193 Å². The summed E-state index contributed by atoms with van der Waals surface area (Å²) in [6.07, 6.45) is 6.45. The number of methoxy groups -OCH3 is 4. The zero-order valence-electron chi connectivity index (χ0n) is 86.9. The zero-order valence-corrected chi connectivity index (χ0v) is 86.9. The Balaban J connectivity index is 0.000000194. The van der Waals surface area contributed by atoms with E-state index in [1.807, 2.05) is 61.4 Å². The number of aryl methyl sites for hydroxylation is 2. The first kappa shape index (κ1) is 112. The fraction of sp³-hybridized carbons (Fsp3) is 0.654. The normalized spacial score (nSPS) is 18.0. The van der Waals surface area contributed by atoms with Crippen LogP contribution in [0.25, 0.3) is 0 Å². The van der Waals surface area contributed by atoms with Gasteiger partial charge in [0.1, 0.15) is 11.5 Å². The van der Waals surface area contributed by atoms with Gasteiger partial charge in [-0.25, -0.2) is 29.3 Å². The molecule has 0 N–H and O–H groups in total. The van der Waals surface area contributed by atoms with Gasteiger partial charge in [-0.2, -0.15) is 13.2 Å². The summed E-state index contributed by atoms with van der Waals surface area (Å²) in [7, 11) is 10.4. The van der Waals surface area contributed by atoms with Gasteiger partial charge in [0.2, 0.25) is 29.4 Å². The SMILES string of the molecule is CC(C)N1CCN(Cc2ccc(C(C)(C)C)nc2)CC1.CC(C)N1CCN(Cc2ccc(C(F)(F)F)nc2)CC1.CC(C)N1CCN(Cc2ccc(N(C)C)nc2)CC1.COc1ccc(CN2CCN(C(C)C)C(=O)C2)cn1.COc1ccc(CN2CCN(C(C)C)CC2)c(C)n1.COc1ncc(CN2CCN(C(C)C)CC2)cc1C.COc1ncc(CN2CCN(C(C)C)CC2)cc1F. The highest BCUT2D eigenvalue weighted by Crippen LogP contribution is 2.29. The van der Waals surface area contributed by atoms with Crippen molar-refractivity contribution in [2.24, 2.45) is 0 Å². The first-order valence-electron chi connectivity index (χ1n) is 49.2. The van der Waals surface area contributed by atoms with Crippen molar-refractivity contribution >= 4 is 11.7 Å². The quantitative estimate of drug-likeness (QED) is 0.0464. The van der Waals surface area contributed by atoms with E-state index < -0.39 is 11.9 Å². The fourth-order valence-corrected chi connectivity index (χ4v) is 17.4. The number of carbonyl (C=O) groups is 1. The van der Waals surface area contributed by atoms with E-state index in [0.29, 0.717) is 61.1 Å². The number of anilines is 1. The number of hydrogen-bond donors (Lipinski definition) is 0. The summed E-state index contributed by atoms with van der Waals surface area (Å²) < 4.78 is 71.0. The van der Waals surface area contributed by atoms with E-state index in [-0.39, 0.29) is 29.1 Å². The molecule has 14 heterocycles.